The first-order valence-corrected chi connectivity index (χ1v) is 13.4. The van der Waals surface area contributed by atoms with Gasteiger partial charge < -0.3 is 10.1 Å². The summed E-state index contributed by atoms with van der Waals surface area (Å²) in [4.78, 5) is 34.1. The lowest BCUT2D eigenvalue weighted by atomic mass is 10.1. The summed E-state index contributed by atoms with van der Waals surface area (Å²) >= 11 is 2.73. The van der Waals surface area contributed by atoms with E-state index in [0.717, 1.165) is 49.7 Å². The molecule has 1 amide bonds. The van der Waals surface area contributed by atoms with Crippen LogP contribution >= 0.6 is 23.1 Å². The molecule has 180 valence electrons. The first-order chi connectivity index (χ1) is 17.2. The largest absolute Gasteiger partial charge is 0.379 e. The van der Waals surface area contributed by atoms with E-state index in [1.54, 1.807) is 4.57 Å². The summed E-state index contributed by atoms with van der Waals surface area (Å²) in [6, 6.07) is 19.3. The zero-order valence-corrected chi connectivity index (χ0v) is 20.8. The molecule has 5 rings (SSSR count). The van der Waals surface area contributed by atoms with Crippen molar-refractivity contribution in [3.63, 3.8) is 0 Å². The Labute approximate surface area is 211 Å². The van der Waals surface area contributed by atoms with Crippen molar-refractivity contribution in [1.29, 1.82) is 0 Å². The summed E-state index contributed by atoms with van der Waals surface area (Å²) < 4.78 is 6.98. The lowest BCUT2D eigenvalue weighted by molar-refractivity contribution is -0.118. The van der Waals surface area contributed by atoms with Gasteiger partial charge in [0.15, 0.2) is 5.16 Å². The van der Waals surface area contributed by atoms with E-state index < -0.39 is 0 Å². The van der Waals surface area contributed by atoms with Crippen LogP contribution in [0.2, 0.25) is 0 Å². The van der Waals surface area contributed by atoms with E-state index in [1.165, 1.54) is 23.1 Å². The molecule has 0 atom stereocenters. The number of amides is 1. The Bertz CT molecular complexity index is 1350. The Hall–Kier alpha value is -2.98. The molecule has 0 unspecified atom stereocenters. The Morgan fingerprint density at radius 1 is 1.06 bits per heavy atom. The summed E-state index contributed by atoms with van der Waals surface area (Å²) in [5.74, 6) is 0.110. The van der Waals surface area contributed by atoms with Crippen LogP contribution in [-0.2, 0) is 9.53 Å². The fraction of sp³-hybridized carbons (Fsp3) is 0.269. The van der Waals surface area contributed by atoms with Crippen molar-refractivity contribution in [3.05, 3.63) is 76.4 Å². The molecule has 2 aromatic heterocycles. The molecule has 9 heteroatoms. The highest BCUT2D eigenvalue weighted by atomic mass is 32.2. The molecule has 3 heterocycles. The van der Waals surface area contributed by atoms with Crippen LogP contribution in [0.1, 0.15) is 0 Å². The lowest BCUT2D eigenvalue weighted by Gasteiger charge is -2.26. The van der Waals surface area contributed by atoms with Gasteiger partial charge in [-0.2, -0.15) is 0 Å². The third-order valence-electron chi connectivity index (χ3n) is 5.86. The fourth-order valence-corrected chi connectivity index (χ4v) is 5.89. The Balaban J connectivity index is 1.39. The molecule has 1 saturated heterocycles. The number of benzene rings is 2. The topological polar surface area (TPSA) is 76.5 Å². The molecule has 1 fully saturated rings. The van der Waals surface area contributed by atoms with Crippen LogP contribution < -0.4 is 10.9 Å². The molecule has 0 spiro atoms. The van der Waals surface area contributed by atoms with Gasteiger partial charge in [0.2, 0.25) is 5.91 Å². The quantitative estimate of drug-likeness (QED) is 0.290. The number of thioether (sulfide) groups is 1. The summed E-state index contributed by atoms with van der Waals surface area (Å²) in [7, 11) is 0. The number of hydrogen-bond donors (Lipinski definition) is 1. The van der Waals surface area contributed by atoms with Gasteiger partial charge in [0.05, 0.1) is 30.0 Å². The second-order valence-electron chi connectivity index (χ2n) is 8.16. The number of para-hydroxylation sites is 1. The van der Waals surface area contributed by atoms with Gasteiger partial charge in [-0.25, -0.2) is 4.98 Å². The van der Waals surface area contributed by atoms with Crippen LogP contribution in [0.25, 0.3) is 27.0 Å². The van der Waals surface area contributed by atoms with Crippen LogP contribution in [0.5, 0.6) is 0 Å². The molecule has 7 nitrogen and oxygen atoms in total. The summed E-state index contributed by atoms with van der Waals surface area (Å²) in [5.41, 5.74) is 2.46. The van der Waals surface area contributed by atoms with E-state index in [1.807, 2.05) is 66.0 Å². The fourth-order valence-electron chi connectivity index (χ4n) is 4.06. The Morgan fingerprint density at radius 3 is 2.51 bits per heavy atom. The van der Waals surface area contributed by atoms with E-state index in [-0.39, 0.29) is 17.2 Å². The number of carbonyl (C=O) groups excluding carboxylic acids is 1. The van der Waals surface area contributed by atoms with Crippen LogP contribution in [0, 0.1) is 0 Å². The average Bonchev–Trinajstić information content (AvgIpc) is 3.34. The molecule has 1 N–H and O–H groups in total. The molecule has 2 aromatic carbocycles. The standard InChI is InChI=1S/C26H26N4O3S2/c31-22(27-11-12-29-13-15-33-16-14-29)18-35-26-28-24-23(21(17-34-24)19-7-3-1-4-8-19)25(32)30(26)20-9-5-2-6-10-20/h1-10,17H,11-16,18H2,(H,27,31). The Kier molecular flexibility index (Phi) is 7.58. The van der Waals surface area contributed by atoms with E-state index in [0.29, 0.717) is 21.9 Å². The Morgan fingerprint density at radius 2 is 1.77 bits per heavy atom. The second kappa shape index (κ2) is 11.2. The van der Waals surface area contributed by atoms with E-state index in [9.17, 15) is 9.59 Å². The van der Waals surface area contributed by atoms with Gasteiger partial charge in [0, 0.05) is 37.1 Å². The minimum atomic E-state index is -0.128. The van der Waals surface area contributed by atoms with Gasteiger partial charge in [0.25, 0.3) is 5.56 Å². The summed E-state index contributed by atoms with van der Waals surface area (Å²) in [5, 5.41) is 6.08. The van der Waals surface area contributed by atoms with Gasteiger partial charge in [0.1, 0.15) is 4.83 Å². The van der Waals surface area contributed by atoms with Gasteiger partial charge in [-0.1, -0.05) is 60.3 Å². The van der Waals surface area contributed by atoms with Gasteiger partial charge in [-0.3, -0.25) is 19.1 Å². The normalized spacial score (nSPS) is 14.3. The minimum absolute atomic E-state index is 0.0756. The monoisotopic (exact) mass is 506 g/mol. The maximum Gasteiger partial charge on any atom is 0.268 e. The van der Waals surface area contributed by atoms with Crippen molar-refractivity contribution in [3.8, 4) is 16.8 Å². The summed E-state index contributed by atoms with van der Waals surface area (Å²) in [6.45, 7) is 4.65. The minimum Gasteiger partial charge on any atom is -0.379 e. The number of ether oxygens (including phenoxy) is 1. The number of carbonyl (C=O) groups is 1. The molecule has 0 saturated carbocycles. The van der Waals surface area contributed by atoms with Gasteiger partial charge in [-0.15, -0.1) is 11.3 Å². The van der Waals surface area contributed by atoms with Gasteiger partial charge in [-0.05, 0) is 17.7 Å². The number of thiophene rings is 1. The molecule has 0 radical (unpaired) electrons. The van der Waals surface area contributed by atoms with E-state index in [2.05, 4.69) is 10.2 Å². The molecular formula is C26H26N4O3S2. The zero-order chi connectivity index (χ0) is 24.0. The first-order valence-electron chi connectivity index (χ1n) is 11.6. The predicted molar refractivity (Wildman–Crippen MR) is 142 cm³/mol. The molecule has 0 aliphatic carbocycles. The van der Waals surface area contributed by atoms with Crippen molar-refractivity contribution >= 4 is 39.2 Å². The number of morpholine rings is 1. The number of fused-ring (bicyclic) bond motifs is 1. The van der Waals surface area contributed by atoms with Crippen LogP contribution in [0.4, 0.5) is 0 Å². The molecule has 0 bridgehead atoms. The van der Waals surface area contributed by atoms with Crippen LogP contribution in [0.3, 0.4) is 0 Å². The van der Waals surface area contributed by atoms with Crippen LogP contribution in [-0.4, -0.2) is 65.5 Å². The number of rotatable bonds is 8. The van der Waals surface area contributed by atoms with Crippen molar-refractivity contribution in [2.24, 2.45) is 0 Å². The number of aromatic nitrogens is 2. The van der Waals surface area contributed by atoms with Crippen LogP contribution in [0.15, 0.2) is 76.0 Å². The maximum absolute atomic E-state index is 13.8. The van der Waals surface area contributed by atoms with Crippen molar-refractivity contribution in [2.45, 2.75) is 5.16 Å². The van der Waals surface area contributed by atoms with E-state index >= 15 is 0 Å². The van der Waals surface area contributed by atoms with Crippen molar-refractivity contribution in [2.75, 3.05) is 45.1 Å². The highest BCUT2D eigenvalue weighted by molar-refractivity contribution is 7.99. The van der Waals surface area contributed by atoms with E-state index in [4.69, 9.17) is 9.72 Å². The lowest BCUT2D eigenvalue weighted by Crippen LogP contribution is -2.41. The third-order valence-corrected chi connectivity index (χ3v) is 7.67. The average molecular weight is 507 g/mol. The van der Waals surface area contributed by atoms with Crippen molar-refractivity contribution < 1.29 is 9.53 Å². The second-order valence-corrected chi connectivity index (χ2v) is 9.96. The summed E-state index contributed by atoms with van der Waals surface area (Å²) in [6.07, 6.45) is 0. The number of hydrogen-bond acceptors (Lipinski definition) is 7. The first kappa shape index (κ1) is 23.7. The molecule has 1 aliphatic heterocycles. The molecular weight excluding hydrogens is 480 g/mol. The molecule has 35 heavy (non-hydrogen) atoms. The SMILES string of the molecule is O=C(CSc1nc2scc(-c3ccccc3)c2c(=O)n1-c1ccccc1)NCCN1CCOCC1. The number of nitrogens with zero attached hydrogens (tertiary/aromatic N) is 3. The molecule has 1 aliphatic rings. The predicted octanol–water partition coefficient (Wildman–Crippen LogP) is 3.65. The molecule has 4 aromatic rings. The highest BCUT2D eigenvalue weighted by Crippen LogP contribution is 2.32. The van der Waals surface area contributed by atoms with Crippen molar-refractivity contribution in [1.82, 2.24) is 19.8 Å². The smallest absolute Gasteiger partial charge is 0.268 e. The maximum atomic E-state index is 13.8. The third kappa shape index (κ3) is 5.48. The zero-order valence-electron chi connectivity index (χ0n) is 19.2. The number of nitrogens with one attached hydrogen (secondary N) is 1. The van der Waals surface area contributed by atoms with Gasteiger partial charge >= 0.3 is 0 Å². The highest BCUT2D eigenvalue weighted by Gasteiger charge is 2.19.